The van der Waals surface area contributed by atoms with Crippen LogP contribution < -0.4 is 5.32 Å². The molecule has 1 N–H and O–H groups in total. The number of hydrogen-bond acceptors (Lipinski definition) is 3. The summed E-state index contributed by atoms with van der Waals surface area (Å²) in [6.45, 7) is 1.55. The normalized spacial score (nSPS) is 14.0. The van der Waals surface area contributed by atoms with Crippen LogP contribution in [0.1, 0.15) is 16.7 Å². The SMILES string of the molecule is Fc1cccc(C2=NCCN2)c1CCc1cc(Br)cc2ccoc12. The fraction of sp³-hybridized carbons (Fsp3) is 0.211. The fourth-order valence-corrected chi connectivity index (χ4v) is 3.70. The minimum Gasteiger partial charge on any atom is -0.464 e. The third kappa shape index (κ3) is 2.84. The number of amidine groups is 1. The van der Waals surface area contributed by atoms with Gasteiger partial charge in [0.2, 0.25) is 0 Å². The number of aliphatic imine (C=N–C) groups is 1. The summed E-state index contributed by atoms with van der Waals surface area (Å²) in [6, 6.07) is 11.2. The van der Waals surface area contributed by atoms with E-state index in [0.717, 1.165) is 45.5 Å². The first-order valence-corrected chi connectivity index (χ1v) is 8.73. The number of nitrogens with one attached hydrogen (secondary N) is 1. The fourth-order valence-electron chi connectivity index (χ4n) is 3.17. The van der Waals surface area contributed by atoms with Gasteiger partial charge in [0, 0.05) is 22.0 Å². The van der Waals surface area contributed by atoms with Crippen LogP contribution in [0, 0.1) is 5.82 Å². The van der Waals surface area contributed by atoms with Gasteiger partial charge in [0.05, 0.1) is 12.8 Å². The molecule has 1 aliphatic heterocycles. The summed E-state index contributed by atoms with van der Waals surface area (Å²) in [5.41, 5.74) is 3.50. The van der Waals surface area contributed by atoms with Gasteiger partial charge in [0.15, 0.2) is 0 Å². The number of furan rings is 1. The monoisotopic (exact) mass is 386 g/mol. The Kier molecular flexibility index (Phi) is 4.10. The molecule has 0 saturated heterocycles. The van der Waals surface area contributed by atoms with Gasteiger partial charge in [-0.05, 0) is 48.2 Å². The topological polar surface area (TPSA) is 37.5 Å². The second kappa shape index (κ2) is 6.40. The van der Waals surface area contributed by atoms with E-state index < -0.39 is 0 Å². The molecular formula is C19H16BrFN2O. The third-order valence-corrected chi connectivity index (χ3v) is 4.74. The van der Waals surface area contributed by atoms with Gasteiger partial charge >= 0.3 is 0 Å². The van der Waals surface area contributed by atoms with Crippen LogP contribution in [0.2, 0.25) is 0 Å². The Morgan fingerprint density at radius 1 is 1.21 bits per heavy atom. The number of nitrogens with zero attached hydrogens (tertiary/aromatic N) is 1. The van der Waals surface area contributed by atoms with Gasteiger partial charge in [-0.3, -0.25) is 4.99 Å². The molecule has 0 bridgehead atoms. The summed E-state index contributed by atoms with van der Waals surface area (Å²) in [6.07, 6.45) is 2.98. The Morgan fingerprint density at radius 2 is 2.12 bits per heavy atom. The molecule has 1 aliphatic rings. The number of aryl methyl sites for hydroxylation is 1. The molecule has 0 amide bonds. The maximum absolute atomic E-state index is 14.4. The maximum atomic E-state index is 14.4. The van der Waals surface area contributed by atoms with Crippen LogP contribution in [-0.2, 0) is 12.8 Å². The molecule has 0 radical (unpaired) electrons. The van der Waals surface area contributed by atoms with Crippen molar-refractivity contribution in [2.75, 3.05) is 13.1 Å². The van der Waals surface area contributed by atoms with Crippen molar-refractivity contribution in [2.45, 2.75) is 12.8 Å². The zero-order valence-corrected chi connectivity index (χ0v) is 14.6. The lowest BCUT2D eigenvalue weighted by Gasteiger charge is -2.12. The van der Waals surface area contributed by atoms with Gasteiger partial charge < -0.3 is 9.73 Å². The summed E-state index contributed by atoms with van der Waals surface area (Å²) in [5.74, 6) is 0.608. The lowest BCUT2D eigenvalue weighted by molar-refractivity contribution is 0.601. The summed E-state index contributed by atoms with van der Waals surface area (Å²) >= 11 is 3.53. The molecule has 1 aromatic heterocycles. The smallest absolute Gasteiger partial charge is 0.137 e. The molecular weight excluding hydrogens is 371 g/mol. The van der Waals surface area contributed by atoms with Crippen molar-refractivity contribution in [2.24, 2.45) is 4.99 Å². The van der Waals surface area contributed by atoms with Crippen LogP contribution in [-0.4, -0.2) is 18.9 Å². The predicted octanol–water partition coefficient (Wildman–Crippen LogP) is 4.47. The molecule has 0 unspecified atom stereocenters. The van der Waals surface area contributed by atoms with Crippen molar-refractivity contribution in [3.05, 3.63) is 69.6 Å². The number of fused-ring (bicyclic) bond motifs is 1. The van der Waals surface area contributed by atoms with Gasteiger partial charge in [0.1, 0.15) is 17.2 Å². The highest BCUT2D eigenvalue weighted by Crippen LogP contribution is 2.27. The van der Waals surface area contributed by atoms with Crippen molar-refractivity contribution in [1.82, 2.24) is 5.32 Å². The lowest BCUT2D eigenvalue weighted by atomic mass is 9.98. The quantitative estimate of drug-likeness (QED) is 0.718. The van der Waals surface area contributed by atoms with Crippen LogP contribution >= 0.6 is 15.9 Å². The first-order valence-electron chi connectivity index (χ1n) is 7.94. The van der Waals surface area contributed by atoms with E-state index in [4.69, 9.17) is 4.42 Å². The molecule has 5 heteroatoms. The average Bonchev–Trinajstić information content (AvgIpc) is 3.24. The van der Waals surface area contributed by atoms with Gasteiger partial charge in [-0.2, -0.15) is 0 Å². The zero-order valence-electron chi connectivity index (χ0n) is 13.0. The van der Waals surface area contributed by atoms with Gasteiger partial charge in [-0.25, -0.2) is 4.39 Å². The van der Waals surface area contributed by atoms with Crippen LogP contribution in [0.4, 0.5) is 4.39 Å². The van der Waals surface area contributed by atoms with E-state index in [2.05, 4.69) is 26.2 Å². The predicted molar refractivity (Wildman–Crippen MR) is 97.1 cm³/mol. The molecule has 0 fully saturated rings. The molecule has 2 heterocycles. The first kappa shape index (κ1) is 15.4. The van der Waals surface area contributed by atoms with E-state index in [0.29, 0.717) is 18.4 Å². The molecule has 0 atom stereocenters. The van der Waals surface area contributed by atoms with Crippen molar-refractivity contribution in [1.29, 1.82) is 0 Å². The van der Waals surface area contributed by atoms with Gasteiger partial charge in [0.25, 0.3) is 0 Å². The summed E-state index contributed by atoms with van der Waals surface area (Å²) in [5, 5.41) is 4.28. The van der Waals surface area contributed by atoms with Crippen LogP contribution in [0.3, 0.4) is 0 Å². The Bertz CT molecular complexity index is 932. The lowest BCUT2D eigenvalue weighted by Crippen LogP contribution is -2.21. The van der Waals surface area contributed by atoms with E-state index in [1.54, 1.807) is 12.3 Å². The standard InChI is InChI=1S/C19H16BrFN2O/c20-14-10-12(18-13(11-14)6-9-24-18)4-5-15-16(2-1-3-17(15)21)19-22-7-8-23-19/h1-3,6,9-11H,4-5,7-8H2,(H,22,23). The number of hydrogen-bond donors (Lipinski definition) is 1. The van der Waals surface area contributed by atoms with Crippen molar-refractivity contribution >= 4 is 32.7 Å². The number of benzene rings is 2. The van der Waals surface area contributed by atoms with Crippen molar-refractivity contribution in [3.8, 4) is 0 Å². The maximum Gasteiger partial charge on any atom is 0.137 e. The number of rotatable bonds is 4. The first-order chi connectivity index (χ1) is 11.7. The molecule has 0 spiro atoms. The second-order valence-corrected chi connectivity index (χ2v) is 6.74. The highest BCUT2D eigenvalue weighted by atomic mass is 79.9. The molecule has 3 nitrogen and oxygen atoms in total. The largest absolute Gasteiger partial charge is 0.464 e. The van der Waals surface area contributed by atoms with Crippen molar-refractivity contribution < 1.29 is 8.81 Å². The summed E-state index contributed by atoms with van der Waals surface area (Å²) in [4.78, 5) is 4.43. The minimum atomic E-state index is -0.186. The molecule has 122 valence electrons. The Morgan fingerprint density at radius 3 is 2.96 bits per heavy atom. The van der Waals surface area contributed by atoms with Crippen molar-refractivity contribution in [3.63, 3.8) is 0 Å². The van der Waals surface area contributed by atoms with Crippen LogP contribution in [0.5, 0.6) is 0 Å². The van der Waals surface area contributed by atoms with E-state index in [-0.39, 0.29) is 5.82 Å². The molecule has 2 aromatic carbocycles. The van der Waals surface area contributed by atoms with Crippen LogP contribution in [0.25, 0.3) is 11.0 Å². The molecule has 4 rings (SSSR count). The van der Waals surface area contributed by atoms with E-state index in [1.165, 1.54) is 6.07 Å². The summed E-state index contributed by atoms with van der Waals surface area (Å²) < 4.78 is 21.0. The van der Waals surface area contributed by atoms with E-state index in [9.17, 15) is 4.39 Å². The third-order valence-electron chi connectivity index (χ3n) is 4.29. The highest BCUT2D eigenvalue weighted by molar-refractivity contribution is 9.10. The van der Waals surface area contributed by atoms with Gasteiger partial charge in [-0.1, -0.05) is 28.1 Å². The zero-order chi connectivity index (χ0) is 16.5. The second-order valence-electron chi connectivity index (χ2n) is 5.83. The molecule has 3 aromatic rings. The highest BCUT2D eigenvalue weighted by Gasteiger charge is 2.16. The average molecular weight is 387 g/mol. The number of halogens is 2. The summed E-state index contributed by atoms with van der Waals surface area (Å²) in [7, 11) is 0. The Hall–Kier alpha value is -2.14. The Labute approximate surface area is 147 Å². The Balaban J connectivity index is 1.67. The molecule has 0 saturated carbocycles. The minimum absolute atomic E-state index is 0.186. The molecule has 24 heavy (non-hydrogen) atoms. The van der Waals surface area contributed by atoms with Gasteiger partial charge in [-0.15, -0.1) is 0 Å². The molecule has 0 aliphatic carbocycles. The van der Waals surface area contributed by atoms with E-state index in [1.807, 2.05) is 24.3 Å². The van der Waals surface area contributed by atoms with E-state index >= 15 is 0 Å². The van der Waals surface area contributed by atoms with Crippen LogP contribution in [0.15, 0.2) is 56.5 Å².